The van der Waals surface area contributed by atoms with Gasteiger partial charge in [0.25, 0.3) is 0 Å². The molecule has 0 aliphatic carbocycles. The first-order valence-electron chi connectivity index (χ1n) is 9.01. The highest BCUT2D eigenvalue weighted by Crippen LogP contribution is 2.28. The van der Waals surface area contributed by atoms with E-state index in [2.05, 4.69) is 38.2 Å². The van der Waals surface area contributed by atoms with Gasteiger partial charge in [-0.1, -0.05) is 35.5 Å². The topological polar surface area (TPSA) is 51.2 Å². The highest BCUT2D eigenvalue weighted by atomic mass is 32.2. The number of hydrogen-bond acceptors (Lipinski definition) is 4. The zero-order valence-electron chi connectivity index (χ0n) is 16.1. The van der Waals surface area contributed by atoms with Gasteiger partial charge in [-0.15, -0.1) is 0 Å². The number of para-hydroxylation sites is 2. The Kier molecular flexibility index (Phi) is 6.01. The van der Waals surface area contributed by atoms with Gasteiger partial charge in [0.2, 0.25) is 5.91 Å². The number of anilines is 1. The molecule has 0 fully saturated rings. The van der Waals surface area contributed by atoms with E-state index in [0.29, 0.717) is 23.8 Å². The van der Waals surface area contributed by atoms with Crippen molar-refractivity contribution in [1.29, 1.82) is 0 Å². The maximum Gasteiger partial charge on any atom is 0.234 e. The van der Waals surface area contributed by atoms with Crippen LogP contribution >= 0.6 is 11.8 Å². The molecule has 0 unspecified atom stereocenters. The molecule has 0 saturated carbocycles. The quantitative estimate of drug-likeness (QED) is 0.590. The molecule has 140 valence electrons. The van der Waals surface area contributed by atoms with Gasteiger partial charge in [-0.25, -0.2) is 4.98 Å². The second-order valence-corrected chi connectivity index (χ2v) is 7.52. The van der Waals surface area contributed by atoms with Crippen molar-refractivity contribution in [3.05, 3.63) is 59.2 Å². The number of aromatic nitrogens is 1. The summed E-state index contributed by atoms with van der Waals surface area (Å²) >= 11 is 1.44. The monoisotopic (exact) mass is 380 g/mol. The number of nitrogens with zero attached hydrogens (tertiary/aromatic N) is 1. The maximum atomic E-state index is 12.4. The highest BCUT2D eigenvalue weighted by molar-refractivity contribution is 7.99. The van der Waals surface area contributed by atoms with Crippen LogP contribution in [0.15, 0.2) is 47.5 Å². The van der Waals surface area contributed by atoms with Crippen molar-refractivity contribution in [3.63, 3.8) is 0 Å². The van der Waals surface area contributed by atoms with Gasteiger partial charge < -0.3 is 10.1 Å². The Morgan fingerprint density at radius 2 is 1.89 bits per heavy atom. The Morgan fingerprint density at radius 3 is 2.67 bits per heavy atom. The van der Waals surface area contributed by atoms with Gasteiger partial charge in [-0.3, -0.25) is 4.79 Å². The van der Waals surface area contributed by atoms with Gasteiger partial charge in [-0.2, -0.15) is 0 Å². The average molecular weight is 381 g/mol. The van der Waals surface area contributed by atoms with Crippen LogP contribution in [0.25, 0.3) is 10.9 Å². The molecule has 1 N–H and O–H groups in total. The smallest absolute Gasteiger partial charge is 0.234 e. The van der Waals surface area contributed by atoms with Gasteiger partial charge in [0, 0.05) is 5.39 Å². The SMILES string of the molecule is CCOc1ccccc1NC(=O)CSc1cc(C)c2cc(C)cc(C)c2n1. The van der Waals surface area contributed by atoms with E-state index in [4.69, 9.17) is 9.72 Å². The Hall–Kier alpha value is -2.53. The van der Waals surface area contributed by atoms with Crippen molar-refractivity contribution in [1.82, 2.24) is 4.98 Å². The zero-order valence-corrected chi connectivity index (χ0v) is 16.9. The summed E-state index contributed by atoms with van der Waals surface area (Å²) in [4.78, 5) is 17.1. The predicted molar refractivity (Wildman–Crippen MR) is 113 cm³/mol. The Bertz CT molecular complexity index is 985. The number of nitrogens with one attached hydrogen (secondary N) is 1. The number of hydrogen-bond donors (Lipinski definition) is 1. The summed E-state index contributed by atoms with van der Waals surface area (Å²) in [6, 6.07) is 13.8. The minimum atomic E-state index is -0.0765. The van der Waals surface area contributed by atoms with Gasteiger partial charge in [0.15, 0.2) is 0 Å². The van der Waals surface area contributed by atoms with E-state index in [0.717, 1.165) is 16.1 Å². The van der Waals surface area contributed by atoms with Crippen LogP contribution in [0, 0.1) is 20.8 Å². The molecule has 1 aromatic heterocycles. The summed E-state index contributed by atoms with van der Waals surface area (Å²) in [5, 5.41) is 4.96. The molecule has 0 spiro atoms. The summed E-state index contributed by atoms with van der Waals surface area (Å²) < 4.78 is 5.55. The first-order chi connectivity index (χ1) is 13.0. The second-order valence-electron chi connectivity index (χ2n) is 6.52. The van der Waals surface area contributed by atoms with E-state index in [9.17, 15) is 4.79 Å². The van der Waals surface area contributed by atoms with Crippen LogP contribution in [0.2, 0.25) is 0 Å². The number of ether oxygens (including phenoxy) is 1. The fourth-order valence-electron chi connectivity index (χ4n) is 3.07. The van der Waals surface area contributed by atoms with Crippen LogP contribution in [0.5, 0.6) is 5.75 Å². The molecule has 1 heterocycles. The van der Waals surface area contributed by atoms with E-state index in [-0.39, 0.29) is 5.91 Å². The van der Waals surface area contributed by atoms with Gasteiger partial charge in [0.05, 0.1) is 28.6 Å². The van der Waals surface area contributed by atoms with Gasteiger partial charge in [0.1, 0.15) is 5.75 Å². The van der Waals surface area contributed by atoms with Crippen LogP contribution in [0.3, 0.4) is 0 Å². The van der Waals surface area contributed by atoms with Crippen molar-refractivity contribution < 1.29 is 9.53 Å². The molecule has 3 rings (SSSR count). The van der Waals surface area contributed by atoms with Crippen molar-refractivity contribution in [2.24, 2.45) is 0 Å². The lowest BCUT2D eigenvalue weighted by Gasteiger charge is -2.12. The van der Waals surface area contributed by atoms with Crippen LogP contribution in [-0.4, -0.2) is 23.3 Å². The number of rotatable bonds is 6. The fourth-order valence-corrected chi connectivity index (χ4v) is 3.83. The van der Waals surface area contributed by atoms with Crippen LogP contribution in [0.1, 0.15) is 23.6 Å². The minimum Gasteiger partial charge on any atom is -0.492 e. The molecule has 0 aliphatic heterocycles. The maximum absolute atomic E-state index is 12.4. The molecule has 0 radical (unpaired) electrons. The zero-order chi connectivity index (χ0) is 19.4. The second kappa shape index (κ2) is 8.44. The molecule has 0 aliphatic rings. The molecular formula is C22H24N2O2S. The average Bonchev–Trinajstić information content (AvgIpc) is 2.63. The number of aryl methyl sites for hydroxylation is 3. The summed E-state index contributed by atoms with van der Waals surface area (Å²) in [6.07, 6.45) is 0. The van der Waals surface area contributed by atoms with Crippen molar-refractivity contribution in [3.8, 4) is 5.75 Å². The van der Waals surface area contributed by atoms with E-state index in [1.54, 1.807) is 0 Å². The Labute approximate surface area is 164 Å². The molecule has 1 amide bonds. The molecule has 0 saturated heterocycles. The lowest BCUT2D eigenvalue weighted by Crippen LogP contribution is -2.15. The molecule has 4 nitrogen and oxygen atoms in total. The number of carbonyl (C=O) groups is 1. The van der Waals surface area contributed by atoms with Gasteiger partial charge in [-0.05, 0) is 63.1 Å². The number of carbonyl (C=O) groups excluding carboxylic acids is 1. The number of fused-ring (bicyclic) bond motifs is 1. The molecule has 5 heteroatoms. The molecular weight excluding hydrogens is 356 g/mol. The van der Waals surface area contributed by atoms with Gasteiger partial charge >= 0.3 is 0 Å². The predicted octanol–water partition coefficient (Wildman–Crippen LogP) is 5.29. The number of benzene rings is 2. The number of pyridine rings is 1. The van der Waals surface area contributed by atoms with Crippen LogP contribution in [-0.2, 0) is 4.79 Å². The van der Waals surface area contributed by atoms with Crippen LogP contribution < -0.4 is 10.1 Å². The largest absolute Gasteiger partial charge is 0.492 e. The number of amides is 1. The standard InChI is InChI=1S/C22H24N2O2S/c1-5-26-19-9-7-6-8-18(19)23-20(25)13-27-21-12-15(3)17-11-14(2)10-16(4)22(17)24-21/h6-12H,5,13H2,1-4H3,(H,23,25). The van der Waals surface area contributed by atoms with E-state index in [1.165, 1.54) is 28.3 Å². The fraction of sp³-hybridized carbons (Fsp3) is 0.273. The Balaban J connectivity index is 1.72. The third-order valence-electron chi connectivity index (χ3n) is 4.24. The first-order valence-corrected chi connectivity index (χ1v) is 9.99. The highest BCUT2D eigenvalue weighted by Gasteiger charge is 2.11. The number of thioether (sulfide) groups is 1. The minimum absolute atomic E-state index is 0.0765. The summed E-state index contributed by atoms with van der Waals surface area (Å²) in [5.41, 5.74) is 5.27. The summed E-state index contributed by atoms with van der Waals surface area (Å²) in [7, 11) is 0. The summed E-state index contributed by atoms with van der Waals surface area (Å²) in [6.45, 7) is 8.74. The third-order valence-corrected chi connectivity index (χ3v) is 5.16. The van der Waals surface area contributed by atoms with Crippen molar-refractivity contribution in [2.75, 3.05) is 17.7 Å². The van der Waals surface area contributed by atoms with E-state index in [1.807, 2.05) is 37.3 Å². The van der Waals surface area contributed by atoms with E-state index >= 15 is 0 Å². The normalized spacial score (nSPS) is 10.8. The Morgan fingerprint density at radius 1 is 1.11 bits per heavy atom. The first kappa shape index (κ1) is 19.2. The van der Waals surface area contributed by atoms with Crippen molar-refractivity contribution in [2.45, 2.75) is 32.7 Å². The molecule has 3 aromatic rings. The molecule has 0 atom stereocenters. The molecule has 0 bridgehead atoms. The lowest BCUT2D eigenvalue weighted by molar-refractivity contribution is -0.113. The molecule has 2 aromatic carbocycles. The van der Waals surface area contributed by atoms with E-state index < -0.39 is 0 Å². The molecule has 27 heavy (non-hydrogen) atoms. The third kappa shape index (κ3) is 4.61. The van der Waals surface area contributed by atoms with Crippen LogP contribution in [0.4, 0.5) is 5.69 Å². The summed E-state index contributed by atoms with van der Waals surface area (Å²) in [5.74, 6) is 0.903. The lowest BCUT2D eigenvalue weighted by atomic mass is 10.0. The van der Waals surface area contributed by atoms with Crippen molar-refractivity contribution >= 4 is 34.3 Å².